The summed E-state index contributed by atoms with van der Waals surface area (Å²) in [6, 6.07) is -0.706. The summed E-state index contributed by atoms with van der Waals surface area (Å²) in [6.45, 7) is 11.3. The maximum Gasteiger partial charge on any atom is 0.422 e. The molecule has 194 valence electrons. The van der Waals surface area contributed by atoms with Crippen LogP contribution in [0.2, 0.25) is 0 Å². The first-order chi connectivity index (χ1) is 16.3. The van der Waals surface area contributed by atoms with Crippen LogP contribution in [-0.4, -0.2) is 74.9 Å². The van der Waals surface area contributed by atoms with Gasteiger partial charge in [0.25, 0.3) is 0 Å². The number of fused-ring (bicyclic) bond motifs is 1. The Balaban J connectivity index is 1.78. The van der Waals surface area contributed by atoms with Crippen molar-refractivity contribution >= 4 is 45.0 Å². The van der Waals surface area contributed by atoms with Gasteiger partial charge in [-0.1, -0.05) is 6.92 Å². The normalized spacial score (nSPS) is 17.8. The molecular formula is C21H34N8O5S. The van der Waals surface area contributed by atoms with Gasteiger partial charge in [-0.25, -0.2) is 14.5 Å². The summed E-state index contributed by atoms with van der Waals surface area (Å²) >= 11 is 0. The number of anilines is 2. The molecule has 0 aromatic carbocycles. The molecule has 2 aromatic rings. The number of imidazole rings is 1. The van der Waals surface area contributed by atoms with Crippen LogP contribution in [0.5, 0.6) is 0 Å². The van der Waals surface area contributed by atoms with Crippen molar-refractivity contribution in [1.82, 2.24) is 28.5 Å². The number of carbonyl (C=O) groups is 2. The second-order valence-corrected chi connectivity index (χ2v) is 11.1. The van der Waals surface area contributed by atoms with E-state index in [1.165, 1.54) is 11.2 Å². The fourth-order valence-corrected chi connectivity index (χ4v) is 4.82. The first-order valence-corrected chi connectivity index (χ1v) is 13.0. The van der Waals surface area contributed by atoms with E-state index >= 15 is 0 Å². The van der Waals surface area contributed by atoms with E-state index in [1.807, 2.05) is 23.1 Å². The van der Waals surface area contributed by atoms with Gasteiger partial charge in [-0.3, -0.25) is 4.79 Å². The maximum absolute atomic E-state index is 12.7. The van der Waals surface area contributed by atoms with Crippen LogP contribution in [0.15, 0.2) is 6.33 Å². The molecule has 0 saturated carbocycles. The van der Waals surface area contributed by atoms with Gasteiger partial charge in [0.2, 0.25) is 5.95 Å². The van der Waals surface area contributed by atoms with Crippen molar-refractivity contribution in [3.63, 3.8) is 0 Å². The van der Waals surface area contributed by atoms with E-state index in [1.54, 1.807) is 27.1 Å². The monoisotopic (exact) mass is 510 g/mol. The quantitative estimate of drug-likeness (QED) is 0.454. The highest BCUT2D eigenvalue weighted by Gasteiger charge is 2.34. The van der Waals surface area contributed by atoms with Crippen molar-refractivity contribution in [2.24, 2.45) is 0 Å². The number of nitrogens with one attached hydrogen (secondary N) is 3. The van der Waals surface area contributed by atoms with Gasteiger partial charge in [0.15, 0.2) is 22.8 Å². The maximum atomic E-state index is 12.7. The Labute approximate surface area is 205 Å². The molecule has 0 aliphatic carbocycles. The molecule has 14 heteroatoms. The van der Waals surface area contributed by atoms with Gasteiger partial charge in [0.05, 0.1) is 12.4 Å². The largest absolute Gasteiger partial charge is 0.443 e. The van der Waals surface area contributed by atoms with Gasteiger partial charge >= 0.3 is 16.3 Å². The zero-order valence-corrected chi connectivity index (χ0v) is 21.8. The van der Waals surface area contributed by atoms with Crippen LogP contribution in [-0.2, 0) is 26.3 Å². The van der Waals surface area contributed by atoms with Crippen LogP contribution >= 0.6 is 0 Å². The minimum Gasteiger partial charge on any atom is -0.443 e. The molecule has 13 nitrogen and oxygen atoms in total. The molecular weight excluding hydrogens is 476 g/mol. The molecule has 3 heterocycles. The second-order valence-electron chi connectivity index (χ2n) is 9.41. The number of carbonyl (C=O) groups excluding carboxylic acids is 2. The van der Waals surface area contributed by atoms with E-state index in [4.69, 9.17) is 4.74 Å². The molecule has 1 aliphatic heterocycles. The highest BCUT2D eigenvalue weighted by Crippen LogP contribution is 2.25. The van der Waals surface area contributed by atoms with Crippen molar-refractivity contribution in [3.8, 4) is 0 Å². The van der Waals surface area contributed by atoms with E-state index in [0.717, 1.165) is 0 Å². The summed E-state index contributed by atoms with van der Waals surface area (Å²) in [6.07, 6.45) is 1.70. The summed E-state index contributed by atoms with van der Waals surface area (Å²) in [7, 11) is -4.07. The number of aromatic nitrogens is 4. The van der Waals surface area contributed by atoms with Crippen LogP contribution in [0.4, 0.5) is 16.6 Å². The zero-order chi connectivity index (χ0) is 26.0. The lowest BCUT2D eigenvalue weighted by atomic mass is 10.1. The molecule has 3 N–H and O–H groups in total. The predicted octanol–water partition coefficient (Wildman–Crippen LogP) is 1.88. The van der Waals surface area contributed by atoms with Gasteiger partial charge in [-0.15, -0.1) is 0 Å². The second kappa shape index (κ2) is 10.3. The van der Waals surface area contributed by atoms with Crippen LogP contribution in [0.25, 0.3) is 11.2 Å². The Hall–Kier alpha value is -3.00. The Kier molecular flexibility index (Phi) is 7.84. The lowest BCUT2D eigenvalue weighted by Crippen LogP contribution is -2.45. The molecule has 0 unspecified atom stereocenters. The Bertz CT molecular complexity index is 1190. The highest BCUT2D eigenvalue weighted by molar-refractivity contribution is 7.87. The Morgan fingerprint density at radius 3 is 2.57 bits per heavy atom. The van der Waals surface area contributed by atoms with Crippen LogP contribution in [0, 0.1) is 0 Å². The van der Waals surface area contributed by atoms with E-state index in [-0.39, 0.29) is 30.9 Å². The van der Waals surface area contributed by atoms with E-state index in [0.29, 0.717) is 36.4 Å². The summed E-state index contributed by atoms with van der Waals surface area (Å²) in [5, 5.41) is 6.35. The molecule has 0 radical (unpaired) electrons. The SMILES string of the molecule is CC[C@H](Nc1nc(N[C@H]2CCN(S(=O)(=O)NC(=O)OC(C)(C)C)C2)c2ncn(CC)c2n1)C(C)=O. The third-order valence-corrected chi connectivity index (χ3v) is 6.89. The van der Waals surface area contributed by atoms with Gasteiger partial charge in [0.1, 0.15) is 5.60 Å². The van der Waals surface area contributed by atoms with Crippen molar-refractivity contribution in [2.45, 2.75) is 78.6 Å². The molecule has 1 saturated heterocycles. The minimum absolute atomic E-state index is 0.0242. The molecule has 0 bridgehead atoms. The van der Waals surface area contributed by atoms with Crippen LogP contribution < -0.4 is 15.4 Å². The number of ether oxygens (including phenoxy) is 1. The minimum atomic E-state index is -4.07. The first kappa shape index (κ1) is 26.6. The molecule has 35 heavy (non-hydrogen) atoms. The molecule has 1 aliphatic rings. The molecule has 2 aromatic heterocycles. The molecule has 2 atom stereocenters. The average molecular weight is 511 g/mol. The van der Waals surface area contributed by atoms with Gasteiger partial charge < -0.3 is 19.9 Å². The van der Waals surface area contributed by atoms with Gasteiger partial charge in [-0.05, 0) is 47.5 Å². The average Bonchev–Trinajstić information content (AvgIpc) is 3.37. The molecule has 1 fully saturated rings. The third-order valence-electron chi connectivity index (χ3n) is 5.45. The number of Topliss-reactive ketones (excluding diaryl/α,β-unsaturated/α-hetero) is 1. The van der Waals surface area contributed by atoms with Gasteiger partial charge in [0, 0.05) is 25.7 Å². The zero-order valence-electron chi connectivity index (χ0n) is 21.0. The number of nitrogens with zero attached hydrogens (tertiary/aromatic N) is 5. The summed E-state index contributed by atoms with van der Waals surface area (Å²) in [5.74, 6) is 0.697. The summed E-state index contributed by atoms with van der Waals surface area (Å²) in [4.78, 5) is 37.4. The van der Waals surface area contributed by atoms with E-state index in [9.17, 15) is 18.0 Å². The predicted molar refractivity (Wildman–Crippen MR) is 131 cm³/mol. The highest BCUT2D eigenvalue weighted by atomic mass is 32.2. The van der Waals surface area contributed by atoms with E-state index < -0.39 is 27.9 Å². The Morgan fingerprint density at radius 1 is 1.26 bits per heavy atom. The molecule has 1 amide bonds. The first-order valence-electron chi connectivity index (χ1n) is 11.6. The smallest absolute Gasteiger partial charge is 0.422 e. The summed E-state index contributed by atoms with van der Waals surface area (Å²) < 4.78 is 35.4. The van der Waals surface area contributed by atoms with E-state index in [2.05, 4.69) is 25.6 Å². The van der Waals surface area contributed by atoms with Crippen molar-refractivity contribution in [2.75, 3.05) is 23.7 Å². The lowest BCUT2D eigenvalue weighted by molar-refractivity contribution is -0.117. The molecule has 3 rings (SSSR count). The van der Waals surface area contributed by atoms with Gasteiger partial charge in [-0.2, -0.15) is 22.7 Å². The third kappa shape index (κ3) is 6.57. The van der Waals surface area contributed by atoms with Crippen molar-refractivity contribution in [3.05, 3.63) is 6.33 Å². The van der Waals surface area contributed by atoms with Crippen molar-refractivity contribution in [1.29, 1.82) is 0 Å². The number of amides is 1. The molecule has 0 spiro atoms. The standard InChI is InChI=1S/C21H34N8O5S/c1-7-15(13(3)30)24-19-25-17(16-18(26-19)28(8-2)12-22-16)23-14-9-10-29(11-14)35(32,33)27-20(31)34-21(4,5)6/h12,14-15H,7-11H2,1-6H3,(H,27,31)(H2,23,24,25,26)/t14-,15-/m0/s1. The lowest BCUT2D eigenvalue weighted by Gasteiger charge is -2.22. The number of hydrogen-bond donors (Lipinski definition) is 3. The summed E-state index contributed by atoms with van der Waals surface area (Å²) in [5.41, 5.74) is 0.321. The Morgan fingerprint density at radius 2 is 1.97 bits per heavy atom. The fourth-order valence-electron chi connectivity index (χ4n) is 3.71. The number of hydrogen-bond acceptors (Lipinski definition) is 10. The number of ketones is 1. The van der Waals surface area contributed by atoms with Crippen LogP contribution in [0.3, 0.4) is 0 Å². The van der Waals surface area contributed by atoms with Crippen LogP contribution in [0.1, 0.15) is 54.4 Å². The fraction of sp³-hybridized carbons (Fsp3) is 0.667. The number of rotatable bonds is 9. The van der Waals surface area contributed by atoms with Crippen molar-refractivity contribution < 1.29 is 22.7 Å². The number of aryl methyl sites for hydroxylation is 1. The topological polar surface area (TPSA) is 160 Å².